The Balaban J connectivity index is 2.85. The first-order valence-electron chi connectivity index (χ1n) is 4.71. The van der Waals surface area contributed by atoms with E-state index in [1.54, 1.807) is 0 Å². The summed E-state index contributed by atoms with van der Waals surface area (Å²) in [7, 11) is -4.10. The summed E-state index contributed by atoms with van der Waals surface area (Å²) in [6.07, 6.45) is -4.75. The molecule has 94 valence electrons. The third kappa shape index (κ3) is 1.83. The van der Waals surface area contributed by atoms with E-state index in [1.807, 2.05) is 0 Å². The predicted octanol–water partition coefficient (Wildman–Crippen LogP) is 1.70. The van der Waals surface area contributed by atoms with E-state index in [-0.39, 0.29) is 5.56 Å². The van der Waals surface area contributed by atoms with Crippen LogP contribution in [-0.2, 0) is 21.6 Å². The molecule has 7 heteroatoms. The summed E-state index contributed by atoms with van der Waals surface area (Å²) in [6, 6.07) is 3.00. The molecule has 1 aromatic rings. The van der Waals surface area contributed by atoms with Gasteiger partial charge in [0, 0.05) is 5.56 Å². The lowest BCUT2D eigenvalue weighted by molar-refractivity contribution is -0.140. The number of aliphatic hydroxyl groups is 1. The molecular formula is C10H9F3O3S. The number of alkyl halides is 3. The van der Waals surface area contributed by atoms with E-state index in [2.05, 4.69) is 0 Å². The molecule has 0 amide bonds. The van der Waals surface area contributed by atoms with Crippen molar-refractivity contribution in [3.05, 3.63) is 29.3 Å². The van der Waals surface area contributed by atoms with E-state index < -0.39 is 37.8 Å². The molecule has 2 rings (SSSR count). The van der Waals surface area contributed by atoms with E-state index in [0.717, 1.165) is 6.07 Å². The topological polar surface area (TPSA) is 54.4 Å². The Labute approximate surface area is 95.8 Å². The van der Waals surface area contributed by atoms with Gasteiger partial charge in [0.05, 0.1) is 16.2 Å². The van der Waals surface area contributed by atoms with Crippen LogP contribution in [-0.4, -0.2) is 19.3 Å². The number of rotatable bonds is 0. The van der Waals surface area contributed by atoms with E-state index in [4.69, 9.17) is 0 Å². The van der Waals surface area contributed by atoms with Crippen molar-refractivity contribution >= 4 is 9.84 Å². The SMILES string of the molecule is CC1(O)CS(=O)(=O)c2c(C(F)(F)F)cccc21. The Morgan fingerprint density at radius 1 is 1.35 bits per heavy atom. The first-order valence-corrected chi connectivity index (χ1v) is 6.37. The number of hydrogen-bond donors (Lipinski definition) is 1. The maximum absolute atomic E-state index is 12.7. The molecule has 1 aromatic carbocycles. The molecule has 0 aliphatic carbocycles. The molecule has 1 heterocycles. The van der Waals surface area contributed by atoms with Gasteiger partial charge in [0.2, 0.25) is 0 Å². The molecule has 1 N–H and O–H groups in total. The third-order valence-corrected chi connectivity index (χ3v) is 4.69. The van der Waals surface area contributed by atoms with Gasteiger partial charge in [0.1, 0.15) is 5.60 Å². The maximum Gasteiger partial charge on any atom is 0.417 e. The van der Waals surface area contributed by atoms with E-state index >= 15 is 0 Å². The van der Waals surface area contributed by atoms with Gasteiger partial charge in [-0.05, 0) is 13.0 Å². The van der Waals surface area contributed by atoms with Gasteiger partial charge in [-0.3, -0.25) is 0 Å². The fourth-order valence-corrected chi connectivity index (χ4v) is 4.22. The van der Waals surface area contributed by atoms with Crippen molar-refractivity contribution in [2.45, 2.75) is 23.6 Å². The van der Waals surface area contributed by atoms with Crippen molar-refractivity contribution in [3.63, 3.8) is 0 Å². The van der Waals surface area contributed by atoms with E-state index in [9.17, 15) is 26.7 Å². The van der Waals surface area contributed by atoms with Gasteiger partial charge in [0.15, 0.2) is 9.84 Å². The second-order valence-corrected chi connectivity index (χ2v) is 6.14. The summed E-state index contributed by atoms with van der Waals surface area (Å²) in [5.41, 5.74) is -3.17. The van der Waals surface area contributed by atoms with Crippen molar-refractivity contribution in [2.75, 3.05) is 5.75 Å². The van der Waals surface area contributed by atoms with Crippen LogP contribution in [0.2, 0.25) is 0 Å². The molecule has 17 heavy (non-hydrogen) atoms. The molecule has 0 saturated heterocycles. The van der Waals surface area contributed by atoms with Crippen LogP contribution in [0, 0.1) is 0 Å². The van der Waals surface area contributed by atoms with Crippen LogP contribution in [0.5, 0.6) is 0 Å². The molecule has 0 bridgehead atoms. The molecule has 1 atom stereocenters. The minimum atomic E-state index is -4.75. The molecule has 0 radical (unpaired) electrons. The second kappa shape index (κ2) is 3.23. The minimum Gasteiger partial charge on any atom is -0.384 e. The van der Waals surface area contributed by atoms with Crippen LogP contribution in [0.3, 0.4) is 0 Å². The van der Waals surface area contributed by atoms with Gasteiger partial charge in [-0.1, -0.05) is 12.1 Å². The fourth-order valence-electron chi connectivity index (χ4n) is 2.04. The Kier molecular flexibility index (Phi) is 2.35. The van der Waals surface area contributed by atoms with Crippen molar-refractivity contribution < 1.29 is 26.7 Å². The quantitative estimate of drug-likeness (QED) is 0.777. The van der Waals surface area contributed by atoms with Crippen LogP contribution in [0.1, 0.15) is 18.1 Å². The number of halogens is 3. The minimum absolute atomic E-state index is 0.188. The summed E-state index contributed by atoms with van der Waals surface area (Å²) in [5.74, 6) is -0.720. The lowest BCUT2D eigenvalue weighted by Crippen LogP contribution is -2.22. The highest BCUT2D eigenvalue weighted by molar-refractivity contribution is 7.91. The second-order valence-electron chi connectivity index (χ2n) is 4.21. The highest BCUT2D eigenvalue weighted by atomic mass is 32.2. The molecular weight excluding hydrogens is 257 g/mol. The number of sulfone groups is 1. The molecule has 3 nitrogen and oxygen atoms in total. The molecule has 0 saturated carbocycles. The monoisotopic (exact) mass is 266 g/mol. The molecule has 0 spiro atoms. The van der Waals surface area contributed by atoms with Crippen LogP contribution in [0.4, 0.5) is 13.2 Å². The Morgan fingerprint density at radius 2 is 1.94 bits per heavy atom. The third-order valence-electron chi connectivity index (χ3n) is 2.68. The highest BCUT2D eigenvalue weighted by Crippen LogP contribution is 2.44. The Bertz CT molecular complexity index is 573. The Morgan fingerprint density at radius 3 is 2.47 bits per heavy atom. The van der Waals surface area contributed by atoms with Crippen molar-refractivity contribution in [1.29, 1.82) is 0 Å². The van der Waals surface area contributed by atoms with Crippen LogP contribution in [0.15, 0.2) is 23.1 Å². The zero-order valence-electron chi connectivity index (χ0n) is 8.75. The summed E-state index contributed by atoms with van der Waals surface area (Å²) in [4.78, 5) is -0.794. The van der Waals surface area contributed by atoms with Gasteiger partial charge in [0.25, 0.3) is 0 Å². The average Bonchev–Trinajstić information content (AvgIpc) is 2.31. The number of benzene rings is 1. The Hall–Kier alpha value is -1.08. The lowest BCUT2D eigenvalue weighted by Gasteiger charge is -2.16. The maximum atomic E-state index is 12.7. The van der Waals surface area contributed by atoms with Gasteiger partial charge in [-0.2, -0.15) is 13.2 Å². The van der Waals surface area contributed by atoms with Crippen LogP contribution < -0.4 is 0 Å². The van der Waals surface area contributed by atoms with Crippen molar-refractivity contribution in [1.82, 2.24) is 0 Å². The lowest BCUT2D eigenvalue weighted by atomic mass is 9.96. The molecule has 0 aromatic heterocycles. The zero-order chi connectivity index (χ0) is 13.1. The molecule has 0 fully saturated rings. The van der Waals surface area contributed by atoms with Gasteiger partial charge in [-0.15, -0.1) is 0 Å². The zero-order valence-corrected chi connectivity index (χ0v) is 9.56. The predicted molar refractivity (Wildman–Crippen MR) is 53.1 cm³/mol. The largest absolute Gasteiger partial charge is 0.417 e. The normalized spacial score (nSPS) is 26.9. The van der Waals surface area contributed by atoms with Gasteiger partial charge >= 0.3 is 6.18 Å². The van der Waals surface area contributed by atoms with Gasteiger partial charge < -0.3 is 5.11 Å². The summed E-state index contributed by atoms with van der Waals surface area (Å²) < 4.78 is 61.4. The first-order chi connectivity index (χ1) is 7.56. The standard InChI is InChI=1S/C10H9F3O3S/c1-9(14)5-17(15,16)8-6(9)3-2-4-7(8)10(11,12)13/h2-4,14H,5H2,1H3. The first kappa shape index (κ1) is 12.4. The van der Waals surface area contributed by atoms with E-state index in [1.165, 1.54) is 13.0 Å². The average molecular weight is 266 g/mol. The highest BCUT2D eigenvalue weighted by Gasteiger charge is 2.48. The van der Waals surface area contributed by atoms with Crippen molar-refractivity contribution in [2.24, 2.45) is 0 Å². The molecule has 1 unspecified atom stereocenters. The van der Waals surface area contributed by atoms with E-state index in [0.29, 0.717) is 6.07 Å². The van der Waals surface area contributed by atoms with Gasteiger partial charge in [-0.25, -0.2) is 8.42 Å². The summed E-state index contributed by atoms with van der Waals surface area (Å²) in [6.45, 7) is 1.19. The molecule has 1 aliphatic heterocycles. The van der Waals surface area contributed by atoms with Crippen LogP contribution in [0.25, 0.3) is 0 Å². The van der Waals surface area contributed by atoms with Crippen molar-refractivity contribution in [3.8, 4) is 0 Å². The number of fused-ring (bicyclic) bond motifs is 1. The molecule has 1 aliphatic rings. The number of hydrogen-bond acceptors (Lipinski definition) is 3. The van der Waals surface area contributed by atoms with Crippen LogP contribution >= 0.6 is 0 Å². The summed E-state index contributed by atoms with van der Waals surface area (Å²) >= 11 is 0. The summed E-state index contributed by atoms with van der Waals surface area (Å²) in [5, 5.41) is 9.83. The fraction of sp³-hybridized carbons (Fsp3) is 0.400. The smallest absolute Gasteiger partial charge is 0.384 e.